The zero-order valence-corrected chi connectivity index (χ0v) is 14.5. The Kier molecular flexibility index (Phi) is 5.04. The third kappa shape index (κ3) is 3.53. The third-order valence-corrected chi connectivity index (χ3v) is 5.52. The molecule has 1 saturated heterocycles. The molecular weight excluding hydrogens is 322 g/mol. The Bertz CT molecular complexity index is 760. The number of piperidine rings is 1. The molecule has 0 saturated carbocycles. The van der Waals surface area contributed by atoms with Crippen LogP contribution in [0.1, 0.15) is 19.8 Å². The fourth-order valence-electron chi connectivity index (χ4n) is 3.08. The Morgan fingerprint density at radius 2 is 2.12 bits per heavy atom. The lowest BCUT2D eigenvalue weighted by Gasteiger charge is -2.32. The van der Waals surface area contributed by atoms with Gasteiger partial charge in [0.1, 0.15) is 0 Å². The van der Waals surface area contributed by atoms with E-state index in [4.69, 9.17) is 5.73 Å². The van der Waals surface area contributed by atoms with E-state index in [0.29, 0.717) is 13.1 Å². The van der Waals surface area contributed by atoms with Gasteiger partial charge in [0.05, 0.1) is 16.7 Å². The summed E-state index contributed by atoms with van der Waals surface area (Å²) in [5.74, 6) is -0.482. The Balaban J connectivity index is 1.73. The molecule has 24 heavy (non-hydrogen) atoms. The van der Waals surface area contributed by atoms with Gasteiger partial charge in [-0.1, -0.05) is 18.2 Å². The molecule has 2 N–H and O–H groups in total. The van der Waals surface area contributed by atoms with Crippen molar-refractivity contribution in [1.82, 2.24) is 9.88 Å². The van der Waals surface area contributed by atoms with E-state index in [0.717, 1.165) is 28.6 Å². The molecule has 0 radical (unpaired) electrons. The zero-order chi connectivity index (χ0) is 17.1. The number of thioether (sulfide) groups is 1. The molecule has 2 atom stereocenters. The Labute approximate surface area is 145 Å². The lowest BCUT2D eigenvalue weighted by atomic mass is 9.97. The van der Waals surface area contributed by atoms with Crippen LogP contribution >= 0.6 is 11.8 Å². The van der Waals surface area contributed by atoms with Crippen LogP contribution in [0.3, 0.4) is 0 Å². The van der Waals surface area contributed by atoms with Gasteiger partial charge in [-0.15, -0.1) is 11.8 Å². The first-order valence-corrected chi connectivity index (χ1v) is 9.02. The van der Waals surface area contributed by atoms with Crippen molar-refractivity contribution in [3.05, 3.63) is 36.5 Å². The summed E-state index contributed by atoms with van der Waals surface area (Å²) in [6, 6.07) is 9.91. The predicted molar refractivity (Wildman–Crippen MR) is 95.6 cm³/mol. The highest BCUT2D eigenvalue weighted by molar-refractivity contribution is 8.00. The molecule has 2 heterocycles. The fourth-order valence-corrected chi connectivity index (χ4v) is 4.15. The second kappa shape index (κ2) is 7.21. The maximum Gasteiger partial charge on any atom is 0.235 e. The number of nitrogens with zero attached hydrogens (tertiary/aromatic N) is 2. The number of hydrogen-bond acceptors (Lipinski definition) is 4. The van der Waals surface area contributed by atoms with Crippen molar-refractivity contribution in [3.63, 3.8) is 0 Å². The molecule has 1 aliphatic heterocycles. The quantitative estimate of drug-likeness (QED) is 0.865. The number of aromatic nitrogens is 1. The highest BCUT2D eigenvalue weighted by Crippen LogP contribution is 2.31. The minimum absolute atomic E-state index is 0.0545. The molecule has 2 amide bonds. The number of hydrogen-bond donors (Lipinski definition) is 1. The molecule has 5 nitrogen and oxygen atoms in total. The van der Waals surface area contributed by atoms with Gasteiger partial charge in [-0.2, -0.15) is 0 Å². The molecule has 2 aromatic rings. The highest BCUT2D eigenvalue weighted by Gasteiger charge is 2.29. The van der Waals surface area contributed by atoms with Gasteiger partial charge in [0.2, 0.25) is 11.8 Å². The summed E-state index contributed by atoms with van der Waals surface area (Å²) in [4.78, 5) is 31.3. The summed E-state index contributed by atoms with van der Waals surface area (Å²) in [6.45, 7) is 3.04. The summed E-state index contributed by atoms with van der Waals surface area (Å²) < 4.78 is 0. The van der Waals surface area contributed by atoms with E-state index in [1.54, 1.807) is 11.1 Å². The molecule has 1 aromatic carbocycles. The first kappa shape index (κ1) is 16.8. The maximum absolute atomic E-state index is 12.7. The van der Waals surface area contributed by atoms with Crippen molar-refractivity contribution in [2.75, 3.05) is 13.1 Å². The van der Waals surface area contributed by atoms with E-state index in [1.807, 2.05) is 37.3 Å². The van der Waals surface area contributed by atoms with Gasteiger partial charge in [0.15, 0.2) is 0 Å². The monoisotopic (exact) mass is 343 g/mol. The maximum atomic E-state index is 12.7. The van der Waals surface area contributed by atoms with Crippen LogP contribution in [0, 0.1) is 5.92 Å². The lowest BCUT2D eigenvalue weighted by molar-refractivity contribution is -0.134. The summed E-state index contributed by atoms with van der Waals surface area (Å²) in [6.07, 6.45) is 3.36. The molecule has 3 rings (SSSR count). The number of primary amides is 1. The van der Waals surface area contributed by atoms with Crippen LogP contribution in [-0.2, 0) is 9.59 Å². The van der Waals surface area contributed by atoms with Crippen LogP contribution in [0.5, 0.6) is 0 Å². The summed E-state index contributed by atoms with van der Waals surface area (Å²) in [5.41, 5.74) is 6.32. The van der Waals surface area contributed by atoms with Crippen LogP contribution in [0.4, 0.5) is 0 Å². The normalized spacial score (nSPS) is 19.2. The van der Waals surface area contributed by atoms with Crippen molar-refractivity contribution < 1.29 is 9.59 Å². The molecular formula is C18H21N3O2S. The number of pyridine rings is 1. The lowest BCUT2D eigenvalue weighted by Crippen LogP contribution is -2.46. The summed E-state index contributed by atoms with van der Waals surface area (Å²) in [5, 5.41) is 0.832. The van der Waals surface area contributed by atoms with Crippen molar-refractivity contribution in [2.24, 2.45) is 11.7 Å². The van der Waals surface area contributed by atoms with E-state index >= 15 is 0 Å². The Morgan fingerprint density at radius 3 is 2.92 bits per heavy atom. The molecule has 0 unspecified atom stereocenters. The number of nitrogens with two attached hydrogens (primary N) is 1. The van der Waals surface area contributed by atoms with Crippen molar-refractivity contribution >= 4 is 34.5 Å². The number of rotatable bonds is 4. The number of fused-ring (bicyclic) bond motifs is 1. The number of likely N-dealkylation sites (tertiary alicyclic amines) is 1. The molecule has 1 aromatic heterocycles. The van der Waals surface area contributed by atoms with E-state index in [-0.39, 0.29) is 23.0 Å². The van der Waals surface area contributed by atoms with Gasteiger partial charge in [-0.05, 0) is 31.9 Å². The zero-order valence-electron chi connectivity index (χ0n) is 13.6. The minimum Gasteiger partial charge on any atom is -0.369 e. The average molecular weight is 343 g/mol. The van der Waals surface area contributed by atoms with Gasteiger partial charge in [-0.25, -0.2) is 0 Å². The number of carbonyl (C=O) groups excluding carboxylic acids is 2. The largest absolute Gasteiger partial charge is 0.369 e. The van der Waals surface area contributed by atoms with E-state index < -0.39 is 0 Å². The van der Waals surface area contributed by atoms with Gasteiger partial charge < -0.3 is 10.6 Å². The number of para-hydroxylation sites is 1. The third-order valence-electron chi connectivity index (χ3n) is 4.38. The van der Waals surface area contributed by atoms with Crippen LogP contribution in [-0.4, -0.2) is 40.0 Å². The van der Waals surface area contributed by atoms with Crippen molar-refractivity contribution in [3.8, 4) is 0 Å². The first-order valence-electron chi connectivity index (χ1n) is 8.15. The predicted octanol–water partition coefficient (Wildman–Crippen LogP) is 2.44. The summed E-state index contributed by atoms with van der Waals surface area (Å²) >= 11 is 1.51. The van der Waals surface area contributed by atoms with Crippen molar-refractivity contribution in [1.29, 1.82) is 0 Å². The van der Waals surface area contributed by atoms with Gasteiger partial charge >= 0.3 is 0 Å². The highest BCUT2D eigenvalue weighted by atomic mass is 32.2. The molecule has 1 aliphatic rings. The Hall–Kier alpha value is -2.08. The SMILES string of the molecule is C[C@@H](Sc1cccc2cccnc12)C(=O)N1CCC[C@@H](C(N)=O)C1. The minimum atomic E-state index is -0.314. The van der Waals surface area contributed by atoms with E-state index in [1.165, 1.54) is 11.8 Å². The molecule has 0 aliphatic carbocycles. The van der Waals surface area contributed by atoms with Crippen molar-refractivity contribution in [2.45, 2.75) is 29.9 Å². The molecule has 126 valence electrons. The molecule has 6 heteroatoms. The van der Waals surface area contributed by atoms with E-state index in [9.17, 15) is 9.59 Å². The first-order chi connectivity index (χ1) is 11.6. The van der Waals surface area contributed by atoms with E-state index in [2.05, 4.69) is 4.98 Å². The van der Waals surface area contributed by atoms with Crippen LogP contribution < -0.4 is 5.73 Å². The van der Waals surface area contributed by atoms with Crippen LogP contribution in [0.25, 0.3) is 10.9 Å². The number of carbonyl (C=O) groups is 2. The smallest absolute Gasteiger partial charge is 0.235 e. The van der Waals surface area contributed by atoms with Crippen LogP contribution in [0.15, 0.2) is 41.4 Å². The average Bonchev–Trinajstić information content (AvgIpc) is 2.61. The van der Waals surface area contributed by atoms with Gasteiger partial charge in [0.25, 0.3) is 0 Å². The fraction of sp³-hybridized carbons (Fsp3) is 0.389. The van der Waals surface area contributed by atoms with Gasteiger partial charge in [-0.3, -0.25) is 14.6 Å². The standard InChI is InChI=1S/C18H21N3O2S/c1-12(18(23)21-10-4-7-14(11-21)17(19)22)24-15-8-2-5-13-6-3-9-20-16(13)15/h2-3,5-6,8-9,12,14H,4,7,10-11H2,1H3,(H2,19,22)/t12-,14-/m1/s1. The molecule has 0 spiro atoms. The molecule has 1 fully saturated rings. The molecule has 0 bridgehead atoms. The summed E-state index contributed by atoms with van der Waals surface area (Å²) in [7, 11) is 0. The van der Waals surface area contributed by atoms with Crippen LogP contribution in [0.2, 0.25) is 0 Å². The van der Waals surface area contributed by atoms with Gasteiger partial charge in [0, 0.05) is 29.6 Å². The Morgan fingerprint density at radius 1 is 1.33 bits per heavy atom. The number of benzene rings is 1. The second-order valence-electron chi connectivity index (χ2n) is 6.12. The number of amides is 2. The second-order valence-corrected chi connectivity index (χ2v) is 7.50. The topological polar surface area (TPSA) is 76.3 Å².